The number of halogens is 1. The first-order valence-electron chi connectivity index (χ1n) is 9.33. The molecule has 0 unspecified atom stereocenters. The average Bonchev–Trinajstić information content (AvgIpc) is 2.72. The number of hydrogen-bond acceptors (Lipinski definition) is 4. The maximum atomic E-state index is 12.6. The molecule has 3 rings (SSSR count). The molecule has 1 fully saturated rings. The molecule has 0 aromatic heterocycles. The number of carbonyl (C=O) groups excluding carboxylic acids is 1. The van der Waals surface area contributed by atoms with Crippen molar-refractivity contribution in [1.29, 1.82) is 0 Å². The van der Waals surface area contributed by atoms with Crippen LogP contribution in [-0.4, -0.2) is 63.9 Å². The Bertz CT molecular complexity index is 973. The van der Waals surface area contributed by atoms with Crippen molar-refractivity contribution in [3.63, 3.8) is 0 Å². The summed E-state index contributed by atoms with van der Waals surface area (Å²) in [4.78, 5) is 16.7. The van der Waals surface area contributed by atoms with Gasteiger partial charge in [-0.3, -0.25) is 0 Å². The van der Waals surface area contributed by atoms with Crippen LogP contribution < -0.4 is 10.2 Å². The van der Waals surface area contributed by atoms with E-state index in [0.29, 0.717) is 36.8 Å². The molecular formula is C20H25ClN4O3S. The van der Waals surface area contributed by atoms with E-state index in [1.165, 1.54) is 18.4 Å². The van der Waals surface area contributed by atoms with E-state index in [4.69, 9.17) is 11.6 Å². The second-order valence-corrected chi connectivity index (χ2v) is 9.56. The number of anilines is 1. The molecule has 0 spiro atoms. The summed E-state index contributed by atoms with van der Waals surface area (Å²) < 4.78 is 26.1. The number of amides is 2. The van der Waals surface area contributed by atoms with Crippen molar-refractivity contribution >= 4 is 33.3 Å². The van der Waals surface area contributed by atoms with Gasteiger partial charge in [0.05, 0.1) is 4.90 Å². The highest BCUT2D eigenvalue weighted by molar-refractivity contribution is 7.89. The topological polar surface area (TPSA) is 73.0 Å². The number of hydrogen-bond donors (Lipinski definition) is 1. The van der Waals surface area contributed by atoms with Crippen LogP contribution in [0.15, 0.2) is 53.4 Å². The zero-order valence-corrected chi connectivity index (χ0v) is 18.1. The quantitative estimate of drug-likeness (QED) is 0.782. The molecule has 0 radical (unpaired) electrons. The summed E-state index contributed by atoms with van der Waals surface area (Å²) in [6.07, 6.45) is 0. The van der Waals surface area contributed by atoms with Gasteiger partial charge in [-0.15, -0.1) is 0 Å². The third-order valence-corrected chi connectivity index (χ3v) is 7.05. The fraction of sp³-hybridized carbons (Fsp3) is 0.350. The highest BCUT2D eigenvalue weighted by Crippen LogP contribution is 2.21. The predicted molar refractivity (Wildman–Crippen MR) is 115 cm³/mol. The first kappa shape index (κ1) is 21.4. The third kappa shape index (κ3) is 5.01. The summed E-state index contributed by atoms with van der Waals surface area (Å²) in [6, 6.07) is 14.2. The Balaban J connectivity index is 1.59. The summed E-state index contributed by atoms with van der Waals surface area (Å²) in [5.41, 5.74) is 1.60. The van der Waals surface area contributed by atoms with Gasteiger partial charge in [0.15, 0.2) is 0 Å². The Kier molecular flexibility index (Phi) is 6.66. The lowest BCUT2D eigenvalue weighted by atomic mass is 10.2. The number of urea groups is 1. The molecule has 1 aliphatic rings. The summed E-state index contributed by atoms with van der Waals surface area (Å²) in [5.74, 6) is 0. The molecule has 0 saturated carbocycles. The minimum absolute atomic E-state index is 0.149. The van der Waals surface area contributed by atoms with Crippen LogP contribution in [0.25, 0.3) is 0 Å². The molecule has 1 heterocycles. The van der Waals surface area contributed by atoms with E-state index < -0.39 is 10.0 Å². The number of sulfonamides is 1. The minimum Gasteiger partial charge on any atom is -0.368 e. The second-order valence-electron chi connectivity index (χ2n) is 7.01. The fourth-order valence-corrected chi connectivity index (χ4v) is 4.52. The van der Waals surface area contributed by atoms with Crippen molar-refractivity contribution in [2.45, 2.75) is 11.4 Å². The smallest absolute Gasteiger partial charge is 0.317 e. The largest absolute Gasteiger partial charge is 0.368 e. The molecule has 2 aromatic carbocycles. The van der Waals surface area contributed by atoms with E-state index in [1.807, 2.05) is 24.3 Å². The summed E-state index contributed by atoms with van der Waals surface area (Å²) in [5, 5.41) is 3.54. The molecule has 2 amide bonds. The fourth-order valence-electron chi connectivity index (χ4n) is 3.22. The molecular weight excluding hydrogens is 412 g/mol. The first-order chi connectivity index (χ1) is 13.8. The summed E-state index contributed by atoms with van der Waals surface area (Å²) in [6.45, 7) is 2.72. The van der Waals surface area contributed by atoms with Gasteiger partial charge in [0.25, 0.3) is 0 Å². The van der Waals surface area contributed by atoms with Crippen LogP contribution in [0.3, 0.4) is 0 Å². The van der Waals surface area contributed by atoms with Crippen LogP contribution in [0.5, 0.6) is 0 Å². The Labute approximate surface area is 176 Å². The minimum atomic E-state index is -3.57. The number of rotatable bonds is 5. The molecule has 1 saturated heterocycles. The Morgan fingerprint density at radius 3 is 2.41 bits per heavy atom. The van der Waals surface area contributed by atoms with E-state index in [-0.39, 0.29) is 17.5 Å². The van der Waals surface area contributed by atoms with Crippen molar-refractivity contribution in [2.24, 2.45) is 0 Å². The molecule has 1 N–H and O–H groups in total. The van der Waals surface area contributed by atoms with Gasteiger partial charge in [-0.1, -0.05) is 35.9 Å². The first-order valence-corrected chi connectivity index (χ1v) is 11.1. The zero-order valence-electron chi connectivity index (χ0n) is 16.5. The van der Waals surface area contributed by atoms with Crippen LogP contribution in [-0.2, 0) is 16.6 Å². The lowest BCUT2D eigenvalue weighted by molar-refractivity contribution is 0.194. The van der Waals surface area contributed by atoms with Crippen molar-refractivity contribution in [3.8, 4) is 0 Å². The number of nitrogens with one attached hydrogen (secondary N) is 1. The molecule has 7 nitrogen and oxygen atoms in total. The van der Waals surface area contributed by atoms with Gasteiger partial charge in [0.1, 0.15) is 0 Å². The van der Waals surface area contributed by atoms with Crippen molar-refractivity contribution in [1.82, 2.24) is 14.5 Å². The van der Waals surface area contributed by atoms with Crippen molar-refractivity contribution in [2.75, 3.05) is 45.2 Å². The summed E-state index contributed by atoms with van der Waals surface area (Å²) >= 11 is 6.06. The lowest BCUT2D eigenvalue weighted by Gasteiger charge is -2.36. The third-order valence-electron chi connectivity index (χ3n) is 4.90. The Hall–Kier alpha value is -2.29. The predicted octanol–water partition coefficient (Wildman–Crippen LogP) is 2.62. The molecule has 156 valence electrons. The number of carbonyl (C=O) groups is 1. The maximum Gasteiger partial charge on any atom is 0.317 e. The van der Waals surface area contributed by atoms with Gasteiger partial charge in [-0.05, 0) is 29.8 Å². The van der Waals surface area contributed by atoms with Gasteiger partial charge in [0.2, 0.25) is 10.0 Å². The molecule has 0 bridgehead atoms. The normalized spacial score (nSPS) is 14.9. The molecule has 0 atom stereocenters. The Morgan fingerprint density at radius 2 is 1.76 bits per heavy atom. The summed E-state index contributed by atoms with van der Waals surface area (Å²) in [7, 11) is -0.590. The molecule has 2 aromatic rings. The molecule has 1 aliphatic heterocycles. The van der Waals surface area contributed by atoms with Crippen LogP contribution >= 0.6 is 11.6 Å². The van der Waals surface area contributed by atoms with E-state index >= 15 is 0 Å². The van der Waals surface area contributed by atoms with Crippen molar-refractivity contribution in [3.05, 3.63) is 59.1 Å². The monoisotopic (exact) mass is 436 g/mol. The molecule has 9 heteroatoms. The van der Waals surface area contributed by atoms with Crippen LogP contribution in [0.4, 0.5) is 10.5 Å². The SMILES string of the molecule is CN(C)S(=O)(=O)c1ccccc1CNC(=O)N1CCN(c2cccc(Cl)c2)CC1. The average molecular weight is 437 g/mol. The van der Waals surface area contributed by atoms with Gasteiger partial charge in [0, 0.05) is 57.5 Å². The number of nitrogens with zero attached hydrogens (tertiary/aromatic N) is 3. The second kappa shape index (κ2) is 9.02. The van der Waals surface area contributed by atoms with Gasteiger partial charge >= 0.3 is 6.03 Å². The number of benzene rings is 2. The van der Waals surface area contributed by atoms with E-state index in [2.05, 4.69) is 10.2 Å². The zero-order chi connectivity index (χ0) is 21.0. The highest BCUT2D eigenvalue weighted by atomic mass is 35.5. The van der Waals surface area contributed by atoms with Crippen molar-refractivity contribution < 1.29 is 13.2 Å². The highest BCUT2D eigenvalue weighted by Gasteiger charge is 2.23. The Morgan fingerprint density at radius 1 is 1.07 bits per heavy atom. The molecule has 0 aliphatic carbocycles. The molecule has 29 heavy (non-hydrogen) atoms. The number of piperazine rings is 1. The van der Waals surface area contributed by atoms with E-state index in [1.54, 1.807) is 29.2 Å². The van der Waals surface area contributed by atoms with Gasteiger partial charge in [-0.25, -0.2) is 17.5 Å². The van der Waals surface area contributed by atoms with Crippen LogP contribution in [0, 0.1) is 0 Å². The maximum absolute atomic E-state index is 12.6. The lowest BCUT2D eigenvalue weighted by Crippen LogP contribution is -2.51. The van der Waals surface area contributed by atoms with Crippen LogP contribution in [0.2, 0.25) is 5.02 Å². The van der Waals surface area contributed by atoms with E-state index in [9.17, 15) is 13.2 Å². The standard InChI is InChI=1S/C20H25ClN4O3S/c1-23(2)29(27,28)19-9-4-3-6-16(19)15-22-20(26)25-12-10-24(11-13-25)18-8-5-7-17(21)14-18/h3-9,14H,10-13,15H2,1-2H3,(H,22,26). The van der Waals surface area contributed by atoms with E-state index in [0.717, 1.165) is 5.69 Å². The van der Waals surface area contributed by atoms with Gasteiger partial charge in [-0.2, -0.15) is 0 Å². The van der Waals surface area contributed by atoms with Crippen LogP contribution in [0.1, 0.15) is 5.56 Å². The van der Waals surface area contributed by atoms with Gasteiger partial charge < -0.3 is 15.1 Å².